The van der Waals surface area contributed by atoms with Gasteiger partial charge in [-0.3, -0.25) is 9.59 Å². The average molecular weight is 434 g/mol. The molecule has 2 heterocycles. The molecular formula is C23H20ClN5O2. The van der Waals surface area contributed by atoms with E-state index in [4.69, 9.17) is 11.6 Å². The molecule has 2 aromatic carbocycles. The van der Waals surface area contributed by atoms with Crippen molar-refractivity contribution in [3.05, 3.63) is 106 Å². The molecule has 156 valence electrons. The second-order valence-corrected chi connectivity index (χ2v) is 7.41. The van der Waals surface area contributed by atoms with Gasteiger partial charge in [0.15, 0.2) is 0 Å². The van der Waals surface area contributed by atoms with E-state index in [0.717, 1.165) is 11.1 Å². The number of benzene rings is 2. The quantitative estimate of drug-likeness (QED) is 0.485. The van der Waals surface area contributed by atoms with Crippen LogP contribution >= 0.6 is 11.6 Å². The number of hydrogen-bond donors (Lipinski definition) is 1. The van der Waals surface area contributed by atoms with E-state index in [0.29, 0.717) is 22.8 Å². The molecule has 4 aromatic rings. The normalized spacial score (nSPS) is 10.7. The summed E-state index contributed by atoms with van der Waals surface area (Å²) in [6.45, 7) is 1.25. The maximum Gasteiger partial charge on any atom is 0.266 e. The number of halogens is 1. The third-order valence-electron chi connectivity index (χ3n) is 4.76. The van der Waals surface area contributed by atoms with E-state index < -0.39 is 0 Å². The summed E-state index contributed by atoms with van der Waals surface area (Å²) in [5, 5.41) is 7.86. The van der Waals surface area contributed by atoms with Crippen LogP contribution in [0, 0.1) is 0 Å². The summed E-state index contributed by atoms with van der Waals surface area (Å²) in [6, 6.07) is 17.8. The zero-order valence-corrected chi connectivity index (χ0v) is 17.4. The Morgan fingerprint density at radius 2 is 1.77 bits per heavy atom. The van der Waals surface area contributed by atoms with Crippen molar-refractivity contribution in [2.75, 3.05) is 6.54 Å². The van der Waals surface area contributed by atoms with E-state index in [9.17, 15) is 9.59 Å². The van der Waals surface area contributed by atoms with Gasteiger partial charge < -0.3 is 9.88 Å². The molecule has 0 unspecified atom stereocenters. The second kappa shape index (κ2) is 9.40. The van der Waals surface area contributed by atoms with Gasteiger partial charge in [-0.05, 0) is 35.9 Å². The van der Waals surface area contributed by atoms with Crippen molar-refractivity contribution in [1.82, 2.24) is 24.6 Å². The van der Waals surface area contributed by atoms with Crippen molar-refractivity contribution in [2.45, 2.75) is 13.1 Å². The highest BCUT2D eigenvalue weighted by Gasteiger charge is 2.07. The molecule has 0 atom stereocenters. The van der Waals surface area contributed by atoms with Crippen molar-refractivity contribution in [2.24, 2.45) is 0 Å². The first-order chi connectivity index (χ1) is 15.1. The van der Waals surface area contributed by atoms with Crippen LogP contribution in [0.5, 0.6) is 0 Å². The monoisotopic (exact) mass is 433 g/mol. The van der Waals surface area contributed by atoms with Gasteiger partial charge in [-0.25, -0.2) is 9.67 Å². The summed E-state index contributed by atoms with van der Waals surface area (Å²) in [5.41, 5.74) is 2.93. The number of hydrogen-bond acceptors (Lipinski definition) is 4. The van der Waals surface area contributed by atoms with E-state index in [1.807, 2.05) is 35.0 Å². The Morgan fingerprint density at radius 1 is 1.00 bits per heavy atom. The van der Waals surface area contributed by atoms with Gasteiger partial charge in [0.1, 0.15) is 0 Å². The van der Waals surface area contributed by atoms with Crippen LogP contribution in [0.15, 0.2) is 84.2 Å². The lowest BCUT2D eigenvalue weighted by Gasteiger charge is -2.09. The molecule has 0 bridgehead atoms. The number of nitrogens with zero attached hydrogens (tertiary/aromatic N) is 4. The van der Waals surface area contributed by atoms with Gasteiger partial charge in [0.05, 0.1) is 18.6 Å². The minimum absolute atomic E-state index is 0.198. The topological polar surface area (TPSA) is 81.8 Å². The van der Waals surface area contributed by atoms with Crippen LogP contribution in [-0.4, -0.2) is 31.8 Å². The van der Waals surface area contributed by atoms with E-state index >= 15 is 0 Å². The van der Waals surface area contributed by atoms with Crippen LogP contribution in [0.4, 0.5) is 0 Å². The van der Waals surface area contributed by atoms with Crippen LogP contribution in [0.2, 0.25) is 5.02 Å². The van der Waals surface area contributed by atoms with Crippen molar-refractivity contribution < 1.29 is 4.79 Å². The third-order valence-corrected chi connectivity index (χ3v) is 5.01. The fourth-order valence-corrected chi connectivity index (χ4v) is 3.24. The second-order valence-electron chi connectivity index (χ2n) is 6.97. The molecule has 1 N–H and O–H groups in total. The summed E-state index contributed by atoms with van der Waals surface area (Å²) in [7, 11) is 0. The first-order valence-electron chi connectivity index (χ1n) is 9.75. The number of rotatable bonds is 7. The Labute approximate surface area is 183 Å². The summed E-state index contributed by atoms with van der Waals surface area (Å²) < 4.78 is 3.30. The molecule has 7 nitrogen and oxygen atoms in total. The summed E-state index contributed by atoms with van der Waals surface area (Å²) in [5.74, 6) is -0.198. The van der Waals surface area contributed by atoms with Gasteiger partial charge in [-0.1, -0.05) is 35.9 Å². The first-order valence-corrected chi connectivity index (χ1v) is 10.1. The number of amides is 1. The van der Waals surface area contributed by atoms with E-state index in [1.165, 1.54) is 10.7 Å². The standard InChI is InChI=1S/C23H20ClN5O2/c24-20-7-5-18(6-8-20)21-9-10-22(30)29(27-21)14-12-26-23(31)19-3-1-17(2-4-19)15-28-13-11-25-16-28/h1-11,13,16H,12,14-15H2,(H,26,31). The van der Waals surface area contributed by atoms with Gasteiger partial charge in [0.25, 0.3) is 11.5 Å². The summed E-state index contributed by atoms with van der Waals surface area (Å²) in [6.07, 6.45) is 5.37. The van der Waals surface area contributed by atoms with Gasteiger partial charge in [-0.15, -0.1) is 0 Å². The maximum absolute atomic E-state index is 12.4. The van der Waals surface area contributed by atoms with Crippen LogP contribution in [0.3, 0.4) is 0 Å². The Hall–Kier alpha value is -3.71. The van der Waals surface area contributed by atoms with Crippen LogP contribution < -0.4 is 10.9 Å². The molecule has 0 fully saturated rings. The predicted molar refractivity (Wildman–Crippen MR) is 119 cm³/mol. The lowest BCUT2D eigenvalue weighted by molar-refractivity contribution is 0.0951. The zero-order valence-electron chi connectivity index (χ0n) is 16.6. The lowest BCUT2D eigenvalue weighted by Crippen LogP contribution is -2.31. The molecule has 4 rings (SSSR count). The highest BCUT2D eigenvalue weighted by atomic mass is 35.5. The van der Waals surface area contributed by atoms with Gasteiger partial charge in [-0.2, -0.15) is 5.10 Å². The molecule has 0 aliphatic heterocycles. The minimum atomic E-state index is -0.226. The van der Waals surface area contributed by atoms with Crippen molar-refractivity contribution in [3.8, 4) is 11.3 Å². The van der Waals surface area contributed by atoms with Gasteiger partial charge in [0.2, 0.25) is 0 Å². The van der Waals surface area contributed by atoms with E-state index in [2.05, 4.69) is 15.4 Å². The predicted octanol–water partition coefficient (Wildman–Crippen LogP) is 3.24. The first kappa shape index (κ1) is 20.6. The zero-order chi connectivity index (χ0) is 21.6. The summed E-state index contributed by atoms with van der Waals surface area (Å²) >= 11 is 5.93. The average Bonchev–Trinajstić information content (AvgIpc) is 3.29. The molecule has 0 aliphatic rings. The molecule has 0 saturated carbocycles. The highest BCUT2D eigenvalue weighted by molar-refractivity contribution is 6.30. The number of nitrogens with one attached hydrogen (secondary N) is 1. The molecular weight excluding hydrogens is 414 g/mol. The van der Waals surface area contributed by atoms with Crippen LogP contribution in [0.25, 0.3) is 11.3 Å². The fourth-order valence-electron chi connectivity index (χ4n) is 3.11. The van der Waals surface area contributed by atoms with Crippen LogP contribution in [0.1, 0.15) is 15.9 Å². The molecule has 31 heavy (non-hydrogen) atoms. The number of carbonyl (C=O) groups excluding carboxylic acids is 1. The third kappa shape index (κ3) is 5.26. The van der Waals surface area contributed by atoms with Crippen molar-refractivity contribution in [1.29, 1.82) is 0 Å². The van der Waals surface area contributed by atoms with Gasteiger partial charge >= 0.3 is 0 Å². The molecule has 0 spiro atoms. The number of imidazole rings is 1. The lowest BCUT2D eigenvalue weighted by atomic mass is 10.1. The molecule has 0 saturated heterocycles. The smallest absolute Gasteiger partial charge is 0.266 e. The minimum Gasteiger partial charge on any atom is -0.350 e. The molecule has 0 radical (unpaired) electrons. The Morgan fingerprint density at radius 3 is 2.48 bits per heavy atom. The molecule has 2 aromatic heterocycles. The summed E-state index contributed by atoms with van der Waals surface area (Å²) in [4.78, 5) is 28.6. The maximum atomic E-state index is 12.4. The van der Waals surface area contributed by atoms with Crippen LogP contribution in [-0.2, 0) is 13.1 Å². The Balaban J connectivity index is 1.35. The largest absolute Gasteiger partial charge is 0.350 e. The van der Waals surface area contributed by atoms with Crippen molar-refractivity contribution >= 4 is 17.5 Å². The fraction of sp³-hybridized carbons (Fsp3) is 0.130. The number of aromatic nitrogens is 4. The molecule has 0 aliphatic carbocycles. The van der Waals surface area contributed by atoms with Crippen molar-refractivity contribution in [3.63, 3.8) is 0 Å². The highest BCUT2D eigenvalue weighted by Crippen LogP contribution is 2.18. The number of carbonyl (C=O) groups is 1. The Kier molecular flexibility index (Phi) is 6.24. The Bertz CT molecular complexity index is 1220. The van der Waals surface area contributed by atoms with Gasteiger partial charge in [0, 0.05) is 47.7 Å². The SMILES string of the molecule is O=C(NCCn1nc(-c2ccc(Cl)cc2)ccc1=O)c1ccc(Cn2ccnc2)cc1. The molecule has 1 amide bonds. The van der Waals surface area contributed by atoms with E-state index in [1.54, 1.807) is 42.9 Å². The van der Waals surface area contributed by atoms with E-state index in [-0.39, 0.29) is 24.6 Å². The molecule has 8 heteroatoms.